The molecule has 1 amide bonds. The molecule has 0 unspecified atom stereocenters. The lowest BCUT2D eigenvalue weighted by molar-refractivity contribution is -0.137. The van der Waals surface area contributed by atoms with E-state index in [4.69, 9.17) is 9.47 Å². The number of hydrogen-bond acceptors (Lipinski definition) is 8. The van der Waals surface area contributed by atoms with Crippen LogP contribution in [0.15, 0.2) is 77.7 Å². The number of carbonyl (C=O) groups excluding carboxylic acids is 1. The average molecular weight is 688 g/mol. The number of sulfone groups is 1. The fourth-order valence-corrected chi connectivity index (χ4v) is 7.71. The molecule has 0 saturated carbocycles. The normalized spacial score (nSPS) is 21.6. The van der Waals surface area contributed by atoms with E-state index in [-0.39, 0.29) is 34.8 Å². The monoisotopic (exact) mass is 687 g/mol. The van der Waals surface area contributed by atoms with E-state index in [2.05, 4.69) is 15.1 Å². The quantitative estimate of drug-likeness (QED) is 0.299. The van der Waals surface area contributed by atoms with Crippen LogP contribution >= 0.6 is 0 Å². The summed E-state index contributed by atoms with van der Waals surface area (Å²) in [7, 11) is -3.37. The van der Waals surface area contributed by atoms with Crippen LogP contribution in [0.25, 0.3) is 0 Å². The smallest absolute Gasteiger partial charge is 0.416 e. The molecule has 13 heteroatoms. The van der Waals surface area contributed by atoms with Crippen molar-refractivity contribution >= 4 is 21.4 Å². The molecule has 6 rings (SSSR count). The number of ether oxygens (including phenoxy) is 2. The fourth-order valence-electron chi connectivity index (χ4n) is 6.83. The summed E-state index contributed by atoms with van der Waals surface area (Å²) in [5, 5.41) is 12.8. The number of aliphatic hydroxyl groups is 1. The van der Waals surface area contributed by atoms with Gasteiger partial charge in [0.25, 0.3) is 5.91 Å². The molecule has 0 aliphatic carbocycles. The number of likely N-dealkylation sites (tertiary alicyclic amines) is 1. The molecule has 0 bridgehead atoms. The highest BCUT2D eigenvalue weighted by Crippen LogP contribution is 2.39. The molecule has 2 N–H and O–H groups in total. The van der Waals surface area contributed by atoms with Crippen molar-refractivity contribution in [2.75, 3.05) is 56.7 Å². The van der Waals surface area contributed by atoms with Crippen LogP contribution in [-0.4, -0.2) is 88.2 Å². The fraction of sp³-hybridized carbons (Fsp3) is 0.457. The van der Waals surface area contributed by atoms with Crippen molar-refractivity contribution in [2.45, 2.75) is 49.0 Å². The molecule has 48 heavy (non-hydrogen) atoms. The minimum Gasteiger partial charge on any atom is -0.489 e. The second-order valence-electron chi connectivity index (χ2n) is 13.0. The topological polar surface area (TPSA) is 108 Å². The lowest BCUT2D eigenvalue weighted by Crippen LogP contribution is -2.46. The van der Waals surface area contributed by atoms with E-state index in [0.717, 1.165) is 57.1 Å². The molecule has 3 fully saturated rings. The summed E-state index contributed by atoms with van der Waals surface area (Å²) in [6.07, 6.45) is -2.90. The Morgan fingerprint density at radius 2 is 1.75 bits per heavy atom. The molecule has 258 valence electrons. The van der Waals surface area contributed by atoms with Crippen molar-refractivity contribution in [1.82, 2.24) is 10.2 Å². The molecule has 9 nitrogen and oxygen atoms in total. The van der Waals surface area contributed by atoms with Gasteiger partial charge in [-0.3, -0.25) is 4.79 Å². The standard InChI is InChI=1S/C35H40F3N3O6S/c1-2-48(44,45)31-13-5-24(6-14-31)32(20-42)39-33(43)25-3-9-27(10-4-25)41-19-30(47-29-11-7-26(8-12-29)35(36,37)38)17-28(41)18-40-16-15-34(21-40)22-46-23-34/h3-14,28,30,32,42H,2,15-23H2,1H3,(H,39,43)/t28-,30+,32-/m0/s1. The lowest BCUT2D eigenvalue weighted by atomic mass is 9.85. The molecule has 0 radical (unpaired) electrons. The number of rotatable bonds is 11. The van der Waals surface area contributed by atoms with Gasteiger partial charge in [0, 0.05) is 42.2 Å². The van der Waals surface area contributed by atoms with Gasteiger partial charge < -0.3 is 29.7 Å². The molecule has 3 aromatic rings. The maximum atomic E-state index is 13.2. The van der Waals surface area contributed by atoms with Crippen LogP contribution in [0, 0.1) is 5.41 Å². The van der Waals surface area contributed by atoms with Gasteiger partial charge in [0.15, 0.2) is 9.84 Å². The van der Waals surface area contributed by atoms with E-state index in [1.165, 1.54) is 24.3 Å². The number of halogens is 3. The van der Waals surface area contributed by atoms with Crippen LogP contribution in [0.3, 0.4) is 0 Å². The summed E-state index contributed by atoms with van der Waals surface area (Å²) in [6, 6.07) is 17.4. The maximum absolute atomic E-state index is 13.2. The van der Waals surface area contributed by atoms with E-state index in [0.29, 0.717) is 29.8 Å². The number of anilines is 1. The third-order valence-electron chi connectivity index (χ3n) is 9.63. The van der Waals surface area contributed by atoms with E-state index in [1.807, 2.05) is 12.1 Å². The Morgan fingerprint density at radius 3 is 2.31 bits per heavy atom. The zero-order valence-electron chi connectivity index (χ0n) is 26.7. The van der Waals surface area contributed by atoms with Crippen molar-refractivity contribution in [3.8, 4) is 5.75 Å². The molecule has 3 aliphatic rings. The predicted molar refractivity (Wildman–Crippen MR) is 174 cm³/mol. The first-order valence-electron chi connectivity index (χ1n) is 16.1. The van der Waals surface area contributed by atoms with Crippen LogP contribution in [0.5, 0.6) is 5.75 Å². The van der Waals surface area contributed by atoms with Gasteiger partial charge in [0.1, 0.15) is 11.9 Å². The summed E-state index contributed by atoms with van der Waals surface area (Å²) in [4.78, 5) is 18.0. The Hall–Kier alpha value is -3.65. The second-order valence-corrected chi connectivity index (χ2v) is 15.3. The van der Waals surface area contributed by atoms with Gasteiger partial charge in [0.2, 0.25) is 0 Å². The van der Waals surface area contributed by atoms with Crippen LogP contribution in [0.4, 0.5) is 18.9 Å². The van der Waals surface area contributed by atoms with Gasteiger partial charge in [-0.25, -0.2) is 8.42 Å². The highest BCUT2D eigenvalue weighted by Gasteiger charge is 2.46. The summed E-state index contributed by atoms with van der Waals surface area (Å²) < 4.78 is 75.2. The molecular weight excluding hydrogens is 647 g/mol. The number of alkyl halides is 3. The summed E-state index contributed by atoms with van der Waals surface area (Å²) in [6.45, 7) is 6.02. The molecule has 3 aliphatic heterocycles. The number of benzene rings is 3. The van der Waals surface area contributed by atoms with Crippen molar-refractivity contribution < 1.29 is 41.0 Å². The zero-order chi connectivity index (χ0) is 34.1. The summed E-state index contributed by atoms with van der Waals surface area (Å²) >= 11 is 0. The molecule has 1 spiro atoms. The molecule has 3 saturated heterocycles. The second kappa shape index (κ2) is 13.7. The number of hydrogen-bond donors (Lipinski definition) is 2. The predicted octanol–water partition coefficient (Wildman–Crippen LogP) is 4.71. The van der Waals surface area contributed by atoms with Crippen molar-refractivity contribution in [3.63, 3.8) is 0 Å². The van der Waals surface area contributed by atoms with E-state index >= 15 is 0 Å². The molecular formula is C35H40F3N3O6S. The Labute approximate surface area is 278 Å². The van der Waals surface area contributed by atoms with E-state index < -0.39 is 33.5 Å². The lowest BCUT2D eigenvalue weighted by Gasteiger charge is -2.38. The van der Waals surface area contributed by atoms with Crippen LogP contribution in [-0.2, 0) is 20.8 Å². The Bertz CT molecular complexity index is 1680. The van der Waals surface area contributed by atoms with E-state index in [1.54, 1.807) is 31.2 Å². The van der Waals surface area contributed by atoms with Gasteiger partial charge >= 0.3 is 6.18 Å². The Morgan fingerprint density at radius 1 is 1.06 bits per heavy atom. The van der Waals surface area contributed by atoms with Gasteiger partial charge in [-0.05, 0) is 79.2 Å². The number of nitrogens with zero attached hydrogens (tertiary/aromatic N) is 2. The maximum Gasteiger partial charge on any atom is 0.416 e. The van der Waals surface area contributed by atoms with Gasteiger partial charge in [-0.2, -0.15) is 13.2 Å². The summed E-state index contributed by atoms with van der Waals surface area (Å²) in [5.41, 5.74) is 1.37. The van der Waals surface area contributed by atoms with Crippen molar-refractivity contribution in [2.24, 2.45) is 5.41 Å². The number of aliphatic hydroxyl groups excluding tert-OH is 1. The molecule has 3 atom stereocenters. The molecule has 3 aromatic carbocycles. The minimum absolute atomic E-state index is 0.0259. The Balaban J connectivity index is 1.14. The van der Waals surface area contributed by atoms with Crippen molar-refractivity contribution in [3.05, 3.63) is 89.5 Å². The largest absolute Gasteiger partial charge is 0.489 e. The van der Waals surface area contributed by atoms with Gasteiger partial charge in [-0.1, -0.05) is 19.1 Å². The third kappa shape index (κ3) is 7.49. The number of nitrogens with one attached hydrogen (secondary N) is 1. The first-order valence-corrected chi connectivity index (χ1v) is 17.8. The first kappa shape index (κ1) is 34.2. The van der Waals surface area contributed by atoms with Crippen molar-refractivity contribution in [1.29, 1.82) is 0 Å². The zero-order valence-corrected chi connectivity index (χ0v) is 27.5. The molecule has 3 heterocycles. The third-order valence-corrected chi connectivity index (χ3v) is 11.4. The van der Waals surface area contributed by atoms with E-state index in [9.17, 15) is 31.5 Å². The highest BCUT2D eigenvalue weighted by atomic mass is 32.2. The first-order chi connectivity index (χ1) is 22.9. The highest BCUT2D eigenvalue weighted by molar-refractivity contribution is 7.91. The minimum atomic E-state index is -4.42. The SMILES string of the molecule is CCS(=O)(=O)c1ccc([C@H](CO)NC(=O)c2ccc(N3C[C@H](Oc4ccc(C(F)(F)F)cc4)C[C@H]3CN3CCC4(COC4)C3)cc2)cc1. The number of amides is 1. The van der Waals surface area contributed by atoms with Crippen LogP contribution in [0.2, 0.25) is 0 Å². The summed E-state index contributed by atoms with van der Waals surface area (Å²) in [5.74, 6) is -0.0353. The van der Waals surface area contributed by atoms with Crippen LogP contribution in [0.1, 0.15) is 47.3 Å². The van der Waals surface area contributed by atoms with Crippen LogP contribution < -0.4 is 15.0 Å². The number of carbonyl (C=O) groups is 1. The molecule has 0 aromatic heterocycles. The van der Waals surface area contributed by atoms with Gasteiger partial charge in [-0.15, -0.1) is 0 Å². The average Bonchev–Trinajstić information content (AvgIpc) is 3.68. The van der Waals surface area contributed by atoms with Gasteiger partial charge in [0.05, 0.1) is 48.6 Å². The Kier molecular flexibility index (Phi) is 9.76.